The monoisotopic (exact) mass is 295 g/mol. The Kier molecular flexibility index (Phi) is 4.18. The van der Waals surface area contributed by atoms with Gasteiger partial charge in [-0.05, 0) is 37.0 Å². The van der Waals surface area contributed by atoms with Crippen LogP contribution in [0.5, 0.6) is 0 Å². The van der Waals surface area contributed by atoms with Gasteiger partial charge in [0.2, 0.25) is 0 Å². The lowest BCUT2D eigenvalue weighted by Gasteiger charge is -2.09. The molecule has 1 atom stereocenters. The van der Waals surface area contributed by atoms with E-state index in [0.29, 0.717) is 18.0 Å². The Morgan fingerprint density at radius 2 is 2.18 bits per heavy atom. The van der Waals surface area contributed by atoms with Crippen LogP contribution in [0, 0.1) is 5.92 Å². The molecule has 4 heteroatoms. The van der Waals surface area contributed by atoms with E-state index in [4.69, 9.17) is 0 Å². The standard InChI is InChI=1S/C18H21N3O/c1-12(2)5-7-14-8-6-13(10-20-14)17(22)16-11-21-18-15(16)4-3-9-19-18/h3-4,6,8-10,12,16H,5,7,11H2,1-2H3,(H,19,21). The van der Waals surface area contributed by atoms with E-state index >= 15 is 0 Å². The normalized spacial score (nSPS) is 16.4. The first-order chi connectivity index (χ1) is 10.6. The SMILES string of the molecule is CC(C)CCc1ccc(C(=O)C2CNc3ncccc32)cn1. The van der Waals surface area contributed by atoms with Gasteiger partial charge in [0.1, 0.15) is 5.82 Å². The molecular formula is C18H21N3O. The summed E-state index contributed by atoms with van der Waals surface area (Å²) in [5, 5.41) is 3.19. The molecule has 3 heterocycles. The summed E-state index contributed by atoms with van der Waals surface area (Å²) < 4.78 is 0. The van der Waals surface area contributed by atoms with Gasteiger partial charge in [-0.15, -0.1) is 0 Å². The van der Waals surface area contributed by atoms with Crippen LogP contribution in [-0.2, 0) is 6.42 Å². The highest BCUT2D eigenvalue weighted by Gasteiger charge is 2.29. The second-order valence-corrected chi connectivity index (χ2v) is 6.21. The maximum atomic E-state index is 12.7. The Hall–Kier alpha value is -2.23. The van der Waals surface area contributed by atoms with Crippen LogP contribution in [0.4, 0.5) is 5.82 Å². The van der Waals surface area contributed by atoms with Crippen LogP contribution < -0.4 is 5.32 Å². The van der Waals surface area contributed by atoms with Crippen LogP contribution in [0.1, 0.15) is 47.8 Å². The fourth-order valence-corrected chi connectivity index (χ4v) is 2.75. The molecule has 1 N–H and O–H groups in total. The molecule has 4 nitrogen and oxygen atoms in total. The molecule has 1 unspecified atom stereocenters. The summed E-state index contributed by atoms with van der Waals surface area (Å²) in [6.45, 7) is 5.02. The molecule has 0 aliphatic carbocycles. The Balaban J connectivity index is 1.73. The van der Waals surface area contributed by atoms with Crippen LogP contribution in [0.15, 0.2) is 36.7 Å². The molecular weight excluding hydrogens is 274 g/mol. The van der Waals surface area contributed by atoms with Gasteiger partial charge < -0.3 is 5.32 Å². The number of hydrogen-bond donors (Lipinski definition) is 1. The number of carbonyl (C=O) groups excluding carboxylic acids is 1. The Labute approximate surface area is 131 Å². The van der Waals surface area contributed by atoms with Crippen LogP contribution in [0.2, 0.25) is 0 Å². The zero-order valence-electron chi connectivity index (χ0n) is 13.0. The fourth-order valence-electron chi connectivity index (χ4n) is 2.75. The summed E-state index contributed by atoms with van der Waals surface area (Å²) in [6, 6.07) is 7.72. The zero-order chi connectivity index (χ0) is 15.5. The van der Waals surface area contributed by atoms with E-state index in [-0.39, 0.29) is 11.7 Å². The molecule has 22 heavy (non-hydrogen) atoms. The quantitative estimate of drug-likeness (QED) is 0.858. The highest BCUT2D eigenvalue weighted by molar-refractivity contribution is 6.02. The number of ketones is 1. The number of pyridine rings is 2. The van der Waals surface area contributed by atoms with Crippen LogP contribution in [0.25, 0.3) is 0 Å². The van der Waals surface area contributed by atoms with Gasteiger partial charge in [0, 0.05) is 35.8 Å². The molecule has 0 aromatic carbocycles. The lowest BCUT2D eigenvalue weighted by Crippen LogP contribution is -2.15. The molecule has 114 valence electrons. The summed E-state index contributed by atoms with van der Waals surface area (Å²) in [5.41, 5.74) is 2.71. The van der Waals surface area contributed by atoms with Crippen molar-refractivity contribution in [2.75, 3.05) is 11.9 Å². The second-order valence-electron chi connectivity index (χ2n) is 6.21. The maximum Gasteiger partial charge on any atom is 0.173 e. The number of aromatic nitrogens is 2. The van der Waals surface area contributed by atoms with Gasteiger partial charge >= 0.3 is 0 Å². The predicted molar refractivity (Wildman–Crippen MR) is 87.2 cm³/mol. The summed E-state index contributed by atoms with van der Waals surface area (Å²) in [5.74, 6) is 1.44. The third kappa shape index (κ3) is 3.01. The number of nitrogens with one attached hydrogen (secondary N) is 1. The van der Waals surface area contributed by atoms with E-state index in [1.807, 2.05) is 24.3 Å². The highest BCUT2D eigenvalue weighted by Crippen LogP contribution is 2.31. The van der Waals surface area contributed by atoms with E-state index in [1.54, 1.807) is 12.4 Å². The van der Waals surface area contributed by atoms with Gasteiger partial charge in [-0.1, -0.05) is 19.9 Å². The molecule has 1 aliphatic rings. The number of rotatable bonds is 5. The molecule has 3 rings (SSSR count). The molecule has 2 aromatic rings. The summed E-state index contributed by atoms with van der Waals surface area (Å²) in [4.78, 5) is 21.4. The van der Waals surface area contributed by atoms with E-state index in [2.05, 4.69) is 29.1 Å². The van der Waals surface area contributed by atoms with Crippen molar-refractivity contribution in [3.63, 3.8) is 0 Å². The average molecular weight is 295 g/mol. The van der Waals surface area contributed by atoms with Gasteiger partial charge in [0.05, 0.1) is 5.92 Å². The van der Waals surface area contributed by atoms with E-state index in [1.165, 1.54) is 0 Å². The van der Waals surface area contributed by atoms with Gasteiger partial charge in [-0.3, -0.25) is 9.78 Å². The van der Waals surface area contributed by atoms with E-state index in [0.717, 1.165) is 29.9 Å². The number of nitrogens with zero attached hydrogens (tertiary/aromatic N) is 2. The van der Waals surface area contributed by atoms with Crippen LogP contribution >= 0.6 is 0 Å². The van der Waals surface area contributed by atoms with Crippen molar-refractivity contribution in [2.24, 2.45) is 5.92 Å². The molecule has 0 fully saturated rings. The molecule has 1 aliphatic heterocycles. The Bertz CT molecular complexity index is 664. The zero-order valence-corrected chi connectivity index (χ0v) is 13.0. The third-order valence-electron chi connectivity index (χ3n) is 4.09. The molecule has 0 saturated heterocycles. The molecule has 0 radical (unpaired) electrons. The van der Waals surface area contributed by atoms with Crippen molar-refractivity contribution in [1.29, 1.82) is 0 Å². The first-order valence-electron chi connectivity index (χ1n) is 7.83. The van der Waals surface area contributed by atoms with Gasteiger partial charge in [0.15, 0.2) is 5.78 Å². The average Bonchev–Trinajstić information content (AvgIpc) is 2.97. The lowest BCUT2D eigenvalue weighted by atomic mass is 9.94. The Morgan fingerprint density at radius 1 is 1.32 bits per heavy atom. The molecule has 0 spiro atoms. The third-order valence-corrected chi connectivity index (χ3v) is 4.09. The number of Topliss-reactive ketones (excluding diaryl/α,β-unsaturated/α-hetero) is 1. The van der Waals surface area contributed by atoms with Crippen molar-refractivity contribution >= 4 is 11.6 Å². The number of anilines is 1. The summed E-state index contributed by atoms with van der Waals surface area (Å²) >= 11 is 0. The van der Waals surface area contributed by atoms with Crippen molar-refractivity contribution in [2.45, 2.75) is 32.6 Å². The topological polar surface area (TPSA) is 54.9 Å². The van der Waals surface area contributed by atoms with E-state index < -0.39 is 0 Å². The van der Waals surface area contributed by atoms with Gasteiger partial charge in [-0.25, -0.2) is 4.98 Å². The molecule has 0 amide bonds. The predicted octanol–water partition coefficient (Wildman–Crippen LogP) is 3.46. The van der Waals surface area contributed by atoms with Crippen molar-refractivity contribution in [3.05, 3.63) is 53.5 Å². The minimum atomic E-state index is -0.160. The first-order valence-corrected chi connectivity index (χ1v) is 7.83. The molecule has 0 bridgehead atoms. The van der Waals surface area contributed by atoms with Crippen molar-refractivity contribution in [1.82, 2.24) is 9.97 Å². The summed E-state index contributed by atoms with van der Waals surface area (Å²) in [7, 11) is 0. The van der Waals surface area contributed by atoms with Crippen molar-refractivity contribution in [3.8, 4) is 0 Å². The lowest BCUT2D eigenvalue weighted by molar-refractivity contribution is 0.0966. The first kappa shape index (κ1) is 14.7. The van der Waals surface area contributed by atoms with Gasteiger partial charge in [0.25, 0.3) is 0 Å². The minimum absolute atomic E-state index is 0.113. The minimum Gasteiger partial charge on any atom is -0.369 e. The number of carbonyl (C=O) groups is 1. The number of aryl methyl sites for hydroxylation is 1. The van der Waals surface area contributed by atoms with E-state index in [9.17, 15) is 4.79 Å². The molecule has 2 aromatic heterocycles. The Morgan fingerprint density at radius 3 is 2.91 bits per heavy atom. The summed E-state index contributed by atoms with van der Waals surface area (Å²) in [6.07, 6.45) is 5.53. The van der Waals surface area contributed by atoms with Crippen molar-refractivity contribution < 1.29 is 4.79 Å². The highest BCUT2D eigenvalue weighted by atomic mass is 16.1. The molecule has 0 saturated carbocycles. The number of fused-ring (bicyclic) bond motifs is 1. The smallest absolute Gasteiger partial charge is 0.173 e. The van der Waals surface area contributed by atoms with Crippen LogP contribution in [0.3, 0.4) is 0 Å². The van der Waals surface area contributed by atoms with Crippen LogP contribution in [-0.4, -0.2) is 22.3 Å². The maximum absolute atomic E-state index is 12.7. The second kappa shape index (κ2) is 6.26. The largest absolute Gasteiger partial charge is 0.369 e. The number of hydrogen-bond acceptors (Lipinski definition) is 4. The van der Waals surface area contributed by atoms with Gasteiger partial charge in [-0.2, -0.15) is 0 Å². The fraction of sp³-hybridized carbons (Fsp3) is 0.389.